The van der Waals surface area contributed by atoms with Gasteiger partial charge in [-0.05, 0) is 32.7 Å². The molecule has 3 rings (SSSR count). The molecule has 2 aliphatic carbocycles. The Balaban J connectivity index is 1.48. The molecular formula is C16H27N3S. The molecule has 0 bridgehead atoms. The second-order valence-electron chi connectivity index (χ2n) is 6.45. The zero-order chi connectivity index (χ0) is 13.8. The first-order valence-corrected chi connectivity index (χ1v) is 9.06. The molecule has 2 fully saturated rings. The van der Waals surface area contributed by atoms with Crippen molar-refractivity contribution < 1.29 is 0 Å². The number of hydrogen-bond acceptors (Lipinski definition) is 4. The smallest absolute Gasteiger partial charge is 0.107 e. The lowest BCUT2D eigenvalue weighted by atomic mass is 10.1. The van der Waals surface area contributed by atoms with Crippen LogP contribution in [0.15, 0.2) is 5.38 Å². The van der Waals surface area contributed by atoms with Gasteiger partial charge in [0.05, 0.1) is 5.69 Å². The Labute approximate surface area is 126 Å². The fourth-order valence-electron chi connectivity index (χ4n) is 3.11. The Morgan fingerprint density at radius 3 is 2.65 bits per heavy atom. The summed E-state index contributed by atoms with van der Waals surface area (Å²) in [7, 11) is 2.28. The van der Waals surface area contributed by atoms with Gasteiger partial charge in [0.1, 0.15) is 5.01 Å². The molecule has 0 radical (unpaired) electrons. The van der Waals surface area contributed by atoms with Crippen molar-refractivity contribution in [3.8, 4) is 0 Å². The van der Waals surface area contributed by atoms with E-state index in [0.29, 0.717) is 0 Å². The standard InChI is InChI=1S/C16H27N3S/c1-19(15-6-4-2-3-5-7-15)11-14-12-20-16(18-14)10-17-13-8-9-13/h12-13,15,17H,2-11H2,1H3. The summed E-state index contributed by atoms with van der Waals surface area (Å²) in [5.74, 6) is 0. The van der Waals surface area contributed by atoms with Crippen molar-refractivity contribution >= 4 is 11.3 Å². The molecule has 1 aromatic heterocycles. The van der Waals surface area contributed by atoms with E-state index in [1.54, 1.807) is 0 Å². The van der Waals surface area contributed by atoms with Crippen molar-refractivity contribution in [3.05, 3.63) is 16.1 Å². The molecule has 1 N–H and O–H groups in total. The second-order valence-corrected chi connectivity index (χ2v) is 7.39. The molecule has 2 aliphatic rings. The molecule has 4 heteroatoms. The van der Waals surface area contributed by atoms with Gasteiger partial charge in [-0.1, -0.05) is 25.7 Å². The largest absolute Gasteiger partial charge is 0.308 e. The van der Waals surface area contributed by atoms with Crippen LogP contribution in [0.1, 0.15) is 62.1 Å². The molecule has 112 valence electrons. The summed E-state index contributed by atoms with van der Waals surface area (Å²) in [6.45, 7) is 1.98. The maximum Gasteiger partial charge on any atom is 0.107 e. The highest BCUT2D eigenvalue weighted by molar-refractivity contribution is 7.09. The Morgan fingerprint density at radius 2 is 1.95 bits per heavy atom. The molecule has 1 aromatic rings. The number of aromatic nitrogens is 1. The molecule has 3 nitrogen and oxygen atoms in total. The van der Waals surface area contributed by atoms with Gasteiger partial charge in [0.2, 0.25) is 0 Å². The fraction of sp³-hybridized carbons (Fsp3) is 0.812. The molecule has 2 saturated carbocycles. The SMILES string of the molecule is CN(Cc1csc(CNC2CC2)n1)C1CCCCCC1. The normalized spacial score (nSPS) is 21.3. The van der Waals surface area contributed by atoms with Crippen LogP contribution >= 0.6 is 11.3 Å². The van der Waals surface area contributed by atoms with Crippen molar-refractivity contribution in [2.75, 3.05) is 7.05 Å². The number of nitrogens with one attached hydrogen (secondary N) is 1. The summed E-state index contributed by atoms with van der Waals surface area (Å²) in [5.41, 5.74) is 1.26. The minimum Gasteiger partial charge on any atom is -0.308 e. The monoisotopic (exact) mass is 293 g/mol. The van der Waals surface area contributed by atoms with E-state index in [2.05, 4.69) is 22.6 Å². The lowest BCUT2D eigenvalue weighted by molar-refractivity contribution is 0.211. The quantitative estimate of drug-likeness (QED) is 0.813. The third-order valence-corrected chi connectivity index (χ3v) is 5.48. The van der Waals surface area contributed by atoms with Gasteiger partial charge in [0, 0.05) is 30.6 Å². The Morgan fingerprint density at radius 1 is 1.20 bits per heavy atom. The number of hydrogen-bond donors (Lipinski definition) is 1. The minimum atomic E-state index is 0.771. The van der Waals surface area contributed by atoms with Crippen molar-refractivity contribution in [2.24, 2.45) is 0 Å². The van der Waals surface area contributed by atoms with Crippen molar-refractivity contribution in [2.45, 2.75) is 76.5 Å². The summed E-state index contributed by atoms with van der Waals surface area (Å²) in [5, 5.41) is 7.04. The van der Waals surface area contributed by atoms with Gasteiger partial charge >= 0.3 is 0 Å². The summed E-state index contributed by atoms with van der Waals surface area (Å²) in [6.07, 6.45) is 11.1. The van der Waals surface area contributed by atoms with E-state index in [0.717, 1.165) is 25.2 Å². The van der Waals surface area contributed by atoms with Gasteiger partial charge in [0.15, 0.2) is 0 Å². The van der Waals surface area contributed by atoms with Gasteiger partial charge in [-0.25, -0.2) is 4.98 Å². The number of nitrogens with zero attached hydrogens (tertiary/aromatic N) is 2. The molecular weight excluding hydrogens is 266 g/mol. The molecule has 20 heavy (non-hydrogen) atoms. The second kappa shape index (κ2) is 7.01. The molecule has 0 atom stereocenters. The van der Waals surface area contributed by atoms with E-state index in [9.17, 15) is 0 Å². The zero-order valence-electron chi connectivity index (χ0n) is 12.6. The summed E-state index contributed by atoms with van der Waals surface area (Å²) in [6, 6.07) is 1.54. The summed E-state index contributed by atoms with van der Waals surface area (Å²) >= 11 is 1.81. The first kappa shape index (κ1) is 14.5. The average Bonchev–Trinajstić information content (AvgIpc) is 3.22. The maximum atomic E-state index is 4.78. The summed E-state index contributed by atoms with van der Waals surface area (Å²) < 4.78 is 0. The molecule has 0 aromatic carbocycles. The maximum absolute atomic E-state index is 4.78. The van der Waals surface area contributed by atoms with Gasteiger partial charge in [0.25, 0.3) is 0 Å². The molecule has 0 aliphatic heterocycles. The van der Waals surface area contributed by atoms with Crippen molar-refractivity contribution in [1.29, 1.82) is 0 Å². The van der Waals surface area contributed by atoms with E-state index in [1.165, 1.54) is 62.1 Å². The third-order valence-electron chi connectivity index (χ3n) is 4.58. The van der Waals surface area contributed by atoms with Crippen LogP contribution in [-0.4, -0.2) is 29.0 Å². The molecule has 0 amide bonds. The van der Waals surface area contributed by atoms with Crippen LogP contribution in [0.5, 0.6) is 0 Å². The predicted octanol–water partition coefficient (Wildman–Crippen LogP) is 3.55. The van der Waals surface area contributed by atoms with Crippen LogP contribution in [0.3, 0.4) is 0 Å². The Hall–Kier alpha value is -0.450. The average molecular weight is 293 g/mol. The van der Waals surface area contributed by atoms with Gasteiger partial charge in [-0.2, -0.15) is 0 Å². The predicted molar refractivity (Wildman–Crippen MR) is 84.9 cm³/mol. The van der Waals surface area contributed by atoms with E-state index in [-0.39, 0.29) is 0 Å². The minimum absolute atomic E-state index is 0.771. The lowest BCUT2D eigenvalue weighted by Crippen LogP contribution is -2.30. The van der Waals surface area contributed by atoms with Crippen LogP contribution in [0, 0.1) is 0 Å². The van der Waals surface area contributed by atoms with E-state index in [1.807, 2.05) is 11.3 Å². The molecule has 0 saturated heterocycles. The highest BCUT2D eigenvalue weighted by Gasteiger charge is 2.21. The van der Waals surface area contributed by atoms with E-state index < -0.39 is 0 Å². The van der Waals surface area contributed by atoms with Crippen molar-refractivity contribution in [3.63, 3.8) is 0 Å². The van der Waals surface area contributed by atoms with Crippen LogP contribution < -0.4 is 5.32 Å². The Bertz CT molecular complexity index is 406. The van der Waals surface area contributed by atoms with Crippen LogP contribution in [-0.2, 0) is 13.1 Å². The van der Waals surface area contributed by atoms with Gasteiger partial charge in [-0.15, -0.1) is 11.3 Å². The molecule has 0 spiro atoms. The Kier molecular flexibility index (Phi) is 5.08. The zero-order valence-corrected chi connectivity index (χ0v) is 13.4. The fourth-order valence-corrected chi connectivity index (χ4v) is 3.84. The van der Waals surface area contributed by atoms with Crippen LogP contribution in [0.4, 0.5) is 0 Å². The highest BCUT2D eigenvalue weighted by atomic mass is 32.1. The summed E-state index contributed by atoms with van der Waals surface area (Å²) in [4.78, 5) is 7.31. The van der Waals surface area contributed by atoms with E-state index >= 15 is 0 Å². The lowest BCUT2D eigenvalue weighted by Gasteiger charge is -2.26. The third kappa shape index (κ3) is 4.27. The number of thiazole rings is 1. The highest BCUT2D eigenvalue weighted by Crippen LogP contribution is 2.23. The van der Waals surface area contributed by atoms with Crippen molar-refractivity contribution in [1.82, 2.24) is 15.2 Å². The van der Waals surface area contributed by atoms with Crippen LogP contribution in [0.2, 0.25) is 0 Å². The molecule has 0 unspecified atom stereocenters. The first-order chi connectivity index (χ1) is 9.81. The van der Waals surface area contributed by atoms with Gasteiger partial charge < -0.3 is 5.32 Å². The topological polar surface area (TPSA) is 28.2 Å². The molecule has 1 heterocycles. The first-order valence-electron chi connectivity index (χ1n) is 8.18. The van der Waals surface area contributed by atoms with Crippen LogP contribution in [0.25, 0.3) is 0 Å². The van der Waals surface area contributed by atoms with E-state index in [4.69, 9.17) is 4.98 Å². The number of rotatable bonds is 6. The van der Waals surface area contributed by atoms with Gasteiger partial charge in [-0.3, -0.25) is 4.90 Å².